The van der Waals surface area contributed by atoms with Crippen LogP contribution in [0.3, 0.4) is 0 Å². The molecule has 1 aromatic carbocycles. The lowest BCUT2D eigenvalue weighted by Gasteiger charge is -2.19. The van der Waals surface area contributed by atoms with E-state index in [-0.39, 0.29) is 40.5 Å². The molecule has 1 fully saturated rings. The lowest BCUT2D eigenvalue weighted by molar-refractivity contribution is -0.150. The average molecular weight is 476 g/mol. The third kappa shape index (κ3) is 5.68. The second-order valence-corrected chi connectivity index (χ2v) is 7.69. The zero-order valence-electron chi connectivity index (χ0n) is 16.4. The maximum atomic E-state index is 12.6. The number of amides is 2. The number of thioether (sulfide) groups is 1. The Bertz CT molecular complexity index is 880. The van der Waals surface area contributed by atoms with E-state index in [4.69, 9.17) is 37.4 Å². The topological polar surface area (TPSA) is 99.2 Å². The largest absolute Gasteiger partial charge is 0.479 e. The van der Waals surface area contributed by atoms with Crippen molar-refractivity contribution in [3.8, 4) is 5.75 Å². The van der Waals surface area contributed by atoms with Crippen molar-refractivity contribution in [3.05, 3.63) is 32.6 Å². The average Bonchev–Trinajstić information content (AvgIpc) is 2.94. The molecule has 0 aromatic heterocycles. The Hall–Kier alpha value is -2.23. The number of benzene rings is 1. The first kappa shape index (κ1) is 24.0. The molecular formula is C19H19Cl2NO7S. The second kappa shape index (κ2) is 10.7. The highest BCUT2D eigenvalue weighted by atomic mass is 35.5. The summed E-state index contributed by atoms with van der Waals surface area (Å²) in [6.45, 7) is 4.70. The van der Waals surface area contributed by atoms with Gasteiger partial charge in [-0.05, 0) is 56.3 Å². The second-order valence-electron chi connectivity index (χ2n) is 5.89. The number of halogens is 2. The molecule has 1 aliphatic heterocycles. The number of carbonyl (C=O) groups is 4. The molecule has 1 atom stereocenters. The van der Waals surface area contributed by atoms with Crippen LogP contribution in [0, 0.1) is 0 Å². The van der Waals surface area contributed by atoms with E-state index in [9.17, 15) is 19.2 Å². The quantitative estimate of drug-likeness (QED) is 0.411. The number of hydrogen-bond acceptors (Lipinski definition) is 8. The van der Waals surface area contributed by atoms with Crippen molar-refractivity contribution >= 4 is 64.1 Å². The van der Waals surface area contributed by atoms with Crippen LogP contribution in [-0.4, -0.2) is 53.8 Å². The molecule has 0 saturated carbocycles. The molecule has 1 aliphatic rings. The van der Waals surface area contributed by atoms with Gasteiger partial charge in [0.25, 0.3) is 11.1 Å². The Kier molecular flexibility index (Phi) is 8.57. The van der Waals surface area contributed by atoms with Crippen LogP contribution >= 0.6 is 35.0 Å². The van der Waals surface area contributed by atoms with E-state index in [0.717, 1.165) is 4.90 Å². The number of imide groups is 1. The van der Waals surface area contributed by atoms with Crippen molar-refractivity contribution in [2.24, 2.45) is 0 Å². The number of hydrogen-bond donors (Lipinski definition) is 0. The fraction of sp³-hybridized carbons (Fsp3) is 0.368. The zero-order chi connectivity index (χ0) is 22.4. The van der Waals surface area contributed by atoms with Crippen LogP contribution in [0.1, 0.15) is 26.3 Å². The molecule has 0 N–H and O–H groups in total. The third-order valence-electron chi connectivity index (χ3n) is 3.80. The van der Waals surface area contributed by atoms with Gasteiger partial charge in [0.2, 0.25) is 0 Å². The van der Waals surface area contributed by atoms with Crippen LogP contribution < -0.4 is 4.74 Å². The molecule has 11 heteroatoms. The first-order chi connectivity index (χ1) is 14.2. The Morgan fingerprint density at radius 3 is 2.30 bits per heavy atom. The SMILES string of the molecule is CCOC(=O)COc1c(Cl)cc(/C=C2/SC(=O)N([C@H](C)C(=O)OCC)C2=O)cc1Cl. The van der Waals surface area contributed by atoms with Gasteiger partial charge in [-0.15, -0.1) is 0 Å². The minimum atomic E-state index is -1.05. The van der Waals surface area contributed by atoms with E-state index < -0.39 is 29.1 Å². The van der Waals surface area contributed by atoms with Gasteiger partial charge < -0.3 is 14.2 Å². The van der Waals surface area contributed by atoms with Crippen LogP contribution in [0.2, 0.25) is 10.0 Å². The summed E-state index contributed by atoms with van der Waals surface area (Å²) >= 11 is 13.0. The van der Waals surface area contributed by atoms with Gasteiger partial charge in [0.1, 0.15) is 6.04 Å². The third-order valence-corrected chi connectivity index (χ3v) is 5.24. The number of nitrogens with zero attached hydrogens (tertiary/aromatic N) is 1. The first-order valence-corrected chi connectivity index (χ1v) is 10.5. The number of ether oxygens (including phenoxy) is 3. The van der Waals surface area contributed by atoms with E-state index in [1.807, 2.05) is 0 Å². The predicted molar refractivity (Wildman–Crippen MR) is 112 cm³/mol. The fourth-order valence-corrected chi connectivity index (χ4v) is 3.99. The van der Waals surface area contributed by atoms with Crippen molar-refractivity contribution in [2.75, 3.05) is 19.8 Å². The van der Waals surface area contributed by atoms with Gasteiger partial charge in [0, 0.05) is 0 Å². The molecule has 2 amide bonds. The molecule has 1 aromatic rings. The van der Waals surface area contributed by atoms with E-state index >= 15 is 0 Å². The summed E-state index contributed by atoms with van der Waals surface area (Å²) in [5.41, 5.74) is 0.433. The van der Waals surface area contributed by atoms with Crippen LogP contribution in [-0.2, 0) is 23.9 Å². The normalized spacial score (nSPS) is 16.0. The number of esters is 2. The Morgan fingerprint density at radius 2 is 1.73 bits per heavy atom. The minimum absolute atomic E-state index is 0.0903. The summed E-state index contributed by atoms with van der Waals surface area (Å²) in [5.74, 6) is -1.78. The van der Waals surface area contributed by atoms with Crippen molar-refractivity contribution in [3.63, 3.8) is 0 Å². The molecule has 1 heterocycles. The molecular weight excluding hydrogens is 457 g/mol. The summed E-state index contributed by atoms with van der Waals surface area (Å²) in [7, 11) is 0. The molecule has 0 spiro atoms. The molecule has 30 heavy (non-hydrogen) atoms. The summed E-state index contributed by atoms with van der Waals surface area (Å²) in [4.78, 5) is 49.1. The maximum absolute atomic E-state index is 12.6. The van der Waals surface area contributed by atoms with Gasteiger partial charge in [-0.3, -0.25) is 14.5 Å². The van der Waals surface area contributed by atoms with Crippen molar-refractivity contribution in [1.29, 1.82) is 0 Å². The lowest BCUT2D eigenvalue weighted by Crippen LogP contribution is -2.42. The monoisotopic (exact) mass is 475 g/mol. The summed E-state index contributed by atoms with van der Waals surface area (Å²) < 4.78 is 14.9. The van der Waals surface area contributed by atoms with Gasteiger partial charge in [-0.25, -0.2) is 9.59 Å². The number of carbonyl (C=O) groups excluding carboxylic acids is 4. The molecule has 0 radical (unpaired) electrons. The molecule has 2 rings (SSSR count). The van der Waals surface area contributed by atoms with E-state index in [1.165, 1.54) is 25.1 Å². The highest BCUT2D eigenvalue weighted by Crippen LogP contribution is 2.38. The van der Waals surface area contributed by atoms with Crippen molar-refractivity contribution < 1.29 is 33.4 Å². The van der Waals surface area contributed by atoms with Gasteiger partial charge >= 0.3 is 11.9 Å². The van der Waals surface area contributed by atoms with Crippen LogP contribution in [0.5, 0.6) is 5.75 Å². The Balaban J connectivity index is 2.20. The van der Waals surface area contributed by atoms with Crippen LogP contribution in [0.4, 0.5) is 4.79 Å². The Labute approximate surface area is 187 Å². The van der Waals surface area contributed by atoms with Gasteiger partial charge in [-0.1, -0.05) is 23.2 Å². The molecule has 162 valence electrons. The van der Waals surface area contributed by atoms with Gasteiger partial charge in [-0.2, -0.15) is 0 Å². The van der Waals surface area contributed by atoms with Crippen molar-refractivity contribution in [2.45, 2.75) is 26.8 Å². The van der Waals surface area contributed by atoms with Crippen molar-refractivity contribution in [1.82, 2.24) is 4.90 Å². The summed E-state index contributed by atoms with van der Waals surface area (Å²) in [6.07, 6.45) is 1.43. The summed E-state index contributed by atoms with van der Waals surface area (Å²) in [6, 6.07) is 1.89. The van der Waals surface area contributed by atoms with Crippen LogP contribution in [0.25, 0.3) is 6.08 Å². The maximum Gasteiger partial charge on any atom is 0.344 e. The first-order valence-electron chi connectivity index (χ1n) is 8.90. The molecule has 8 nitrogen and oxygen atoms in total. The van der Waals surface area contributed by atoms with Gasteiger partial charge in [0.05, 0.1) is 28.2 Å². The van der Waals surface area contributed by atoms with E-state index in [2.05, 4.69) is 0 Å². The molecule has 0 aliphatic carbocycles. The zero-order valence-corrected chi connectivity index (χ0v) is 18.7. The van der Waals surface area contributed by atoms with E-state index in [1.54, 1.807) is 13.8 Å². The lowest BCUT2D eigenvalue weighted by atomic mass is 10.2. The molecule has 0 unspecified atom stereocenters. The number of rotatable bonds is 8. The minimum Gasteiger partial charge on any atom is -0.479 e. The highest BCUT2D eigenvalue weighted by Gasteiger charge is 2.41. The van der Waals surface area contributed by atoms with Crippen LogP contribution in [0.15, 0.2) is 17.0 Å². The van der Waals surface area contributed by atoms with Gasteiger partial charge in [0.15, 0.2) is 12.4 Å². The molecule has 1 saturated heterocycles. The summed E-state index contributed by atoms with van der Waals surface area (Å²) in [5, 5.41) is -0.368. The smallest absolute Gasteiger partial charge is 0.344 e. The standard InChI is InChI=1S/C19H19Cl2NO7S/c1-4-27-15(23)9-29-16-12(20)6-11(7-13(16)21)8-14-17(24)22(19(26)30-14)10(3)18(25)28-5-2/h6-8,10H,4-5,9H2,1-3H3/b14-8+/t10-/m1/s1. The van der Waals surface area contributed by atoms with E-state index in [0.29, 0.717) is 17.3 Å². The Morgan fingerprint density at radius 1 is 1.13 bits per heavy atom. The predicted octanol–water partition coefficient (Wildman–Crippen LogP) is 3.92. The highest BCUT2D eigenvalue weighted by molar-refractivity contribution is 8.18. The molecule has 0 bridgehead atoms. The fourth-order valence-electron chi connectivity index (χ4n) is 2.47.